The number of pyridine rings is 1. The van der Waals surface area contributed by atoms with Crippen molar-refractivity contribution >= 4 is 33.7 Å². The van der Waals surface area contributed by atoms with Crippen LogP contribution in [0.15, 0.2) is 18.5 Å². The Bertz CT molecular complexity index is 904. The Morgan fingerprint density at radius 2 is 2.30 bits per heavy atom. The zero-order valence-electron chi connectivity index (χ0n) is 12.8. The second-order valence-corrected chi connectivity index (χ2v) is 5.98. The second kappa shape index (κ2) is 5.19. The third kappa shape index (κ3) is 2.28. The lowest BCUT2D eigenvalue weighted by molar-refractivity contribution is -0.141. The van der Waals surface area contributed by atoms with Crippen molar-refractivity contribution in [3.63, 3.8) is 0 Å². The van der Waals surface area contributed by atoms with Gasteiger partial charge in [-0.15, -0.1) is 0 Å². The van der Waals surface area contributed by atoms with Crippen molar-refractivity contribution in [1.82, 2.24) is 19.9 Å². The maximum atomic E-state index is 11.4. The highest BCUT2D eigenvalue weighted by Gasteiger charge is 2.28. The van der Waals surface area contributed by atoms with E-state index in [1.165, 1.54) is 0 Å². The SMILES string of the molecule is Cc1nc(N2CCCC(C(=O)O)C2)c2c(cnc3[nH]ccc32)n1. The first-order valence-electron chi connectivity index (χ1n) is 7.71. The van der Waals surface area contributed by atoms with Gasteiger partial charge in [-0.1, -0.05) is 0 Å². The van der Waals surface area contributed by atoms with E-state index in [1.807, 2.05) is 19.2 Å². The van der Waals surface area contributed by atoms with Crippen molar-refractivity contribution < 1.29 is 9.90 Å². The first-order valence-corrected chi connectivity index (χ1v) is 7.71. The number of nitrogens with zero attached hydrogens (tertiary/aromatic N) is 4. The van der Waals surface area contributed by atoms with Gasteiger partial charge in [-0.2, -0.15) is 0 Å². The van der Waals surface area contributed by atoms with Gasteiger partial charge in [0.05, 0.1) is 23.0 Å². The molecule has 0 spiro atoms. The number of fused-ring (bicyclic) bond motifs is 3. The van der Waals surface area contributed by atoms with Crippen LogP contribution in [0.5, 0.6) is 0 Å². The highest BCUT2D eigenvalue weighted by Crippen LogP contribution is 2.32. The number of aliphatic carboxylic acids is 1. The van der Waals surface area contributed by atoms with E-state index in [1.54, 1.807) is 6.20 Å². The Morgan fingerprint density at radius 1 is 1.43 bits per heavy atom. The number of hydrogen-bond donors (Lipinski definition) is 2. The summed E-state index contributed by atoms with van der Waals surface area (Å²) in [5.41, 5.74) is 1.58. The zero-order valence-corrected chi connectivity index (χ0v) is 12.8. The minimum atomic E-state index is -0.738. The normalized spacial score (nSPS) is 18.7. The molecule has 0 saturated carbocycles. The fraction of sp³-hybridized carbons (Fsp3) is 0.375. The predicted octanol–water partition coefficient (Wildman–Crippen LogP) is 2.12. The molecule has 7 nitrogen and oxygen atoms in total. The predicted molar refractivity (Wildman–Crippen MR) is 86.5 cm³/mol. The summed E-state index contributed by atoms with van der Waals surface area (Å²) in [6, 6.07) is 1.96. The van der Waals surface area contributed by atoms with Gasteiger partial charge in [0.25, 0.3) is 0 Å². The molecule has 1 fully saturated rings. The van der Waals surface area contributed by atoms with Crippen molar-refractivity contribution in [2.24, 2.45) is 5.92 Å². The van der Waals surface area contributed by atoms with Crippen molar-refractivity contribution in [1.29, 1.82) is 0 Å². The third-order valence-corrected chi connectivity index (χ3v) is 4.41. The molecule has 4 rings (SSSR count). The van der Waals surface area contributed by atoms with Crippen molar-refractivity contribution in [3.05, 3.63) is 24.3 Å². The van der Waals surface area contributed by atoms with Crippen molar-refractivity contribution in [2.45, 2.75) is 19.8 Å². The number of aromatic amines is 1. The third-order valence-electron chi connectivity index (χ3n) is 4.41. The molecule has 7 heteroatoms. The van der Waals surface area contributed by atoms with Gasteiger partial charge in [-0.05, 0) is 25.8 Å². The van der Waals surface area contributed by atoms with E-state index in [-0.39, 0.29) is 5.92 Å². The number of nitrogens with one attached hydrogen (secondary N) is 1. The fourth-order valence-corrected chi connectivity index (χ4v) is 3.33. The number of carboxylic acid groups (broad SMARTS) is 1. The van der Waals surface area contributed by atoms with Crippen LogP contribution in [-0.2, 0) is 4.79 Å². The molecular weight excluding hydrogens is 294 g/mol. The number of hydrogen-bond acceptors (Lipinski definition) is 5. The van der Waals surface area contributed by atoms with E-state index >= 15 is 0 Å². The summed E-state index contributed by atoms with van der Waals surface area (Å²) in [6.45, 7) is 3.14. The molecule has 1 aliphatic rings. The van der Waals surface area contributed by atoms with E-state index in [9.17, 15) is 9.90 Å². The van der Waals surface area contributed by atoms with Crippen LogP contribution in [0.1, 0.15) is 18.7 Å². The molecule has 23 heavy (non-hydrogen) atoms. The Labute approximate surface area is 132 Å². The number of carboxylic acids is 1. The van der Waals surface area contributed by atoms with Gasteiger partial charge in [-0.3, -0.25) is 4.79 Å². The van der Waals surface area contributed by atoms with Crippen molar-refractivity contribution in [2.75, 3.05) is 18.0 Å². The molecule has 0 aromatic carbocycles. The summed E-state index contributed by atoms with van der Waals surface area (Å²) in [6.07, 6.45) is 5.15. The van der Waals surface area contributed by atoms with Crippen LogP contribution in [0.3, 0.4) is 0 Å². The first kappa shape index (κ1) is 13.9. The molecule has 0 amide bonds. The topological polar surface area (TPSA) is 95.0 Å². The molecule has 3 aromatic rings. The minimum absolute atomic E-state index is 0.349. The second-order valence-electron chi connectivity index (χ2n) is 5.98. The van der Waals surface area contributed by atoms with Gasteiger partial charge < -0.3 is 15.0 Å². The molecule has 1 atom stereocenters. The quantitative estimate of drug-likeness (QED) is 0.752. The van der Waals surface area contributed by atoms with Crippen LogP contribution >= 0.6 is 0 Å². The minimum Gasteiger partial charge on any atom is -0.481 e. The van der Waals surface area contributed by atoms with E-state index in [4.69, 9.17) is 0 Å². The summed E-state index contributed by atoms with van der Waals surface area (Å²) >= 11 is 0. The highest BCUT2D eigenvalue weighted by molar-refractivity contribution is 6.09. The monoisotopic (exact) mass is 311 g/mol. The summed E-state index contributed by atoms with van der Waals surface area (Å²) < 4.78 is 0. The number of aromatic nitrogens is 4. The van der Waals surface area contributed by atoms with Crippen LogP contribution in [0.25, 0.3) is 21.9 Å². The number of aryl methyl sites for hydroxylation is 1. The number of carbonyl (C=O) groups is 1. The largest absolute Gasteiger partial charge is 0.481 e. The van der Waals surface area contributed by atoms with Crippen LogP contribution in [0, 0.1) is 12.8 Å². The van der Waals surface area contributed by atoms with Gasteiger partial charge in [0, 0.05) is 24.7 Å². The summed E-state index contributed by atoms with van der Waals surface area (Å²) in [4.78, 5) is 30.0. The zero-order chi connectivity index (χ0) is 16.0. The maximum Gasteiger partial charge on any atom is 0.308 e. The van der Waals surface area contributed by atoms with E-state index < -0.39 is 5.97 Å². The van der Waals surface area contributed by atoms with Gasteiger partial charge in [0.2, 0.25) is 0 Å². The Balaban J connectivity index is 1.91. The lowest BCUT2D eigenvalue weighted by atomic mass is 9.98. The Morgan fingerprint density at radius 3 is 3.13 bits per heavy atom. The van der Waals surface area contributed by atoms with Gasteiger partial charge >= 0.3 is 5.97 Å². The van der Waals surface area contributed by atoms with E-state index in [0.717, 1.165) is 47.1 Å². The number of rotatable bonds is 2. The molecule has 1 unspecified atom stereocenters. The smallest absolute Gasteiger partial charge is 0.308 e. The van der Waals surface area contributed by atoms with Crippen LogP contribution in [-0.4, -0.2) is 44.1 Å². The molecule has 0 radical (unpaired) electrons. The summed E-state index contributed by atoms with van der Waals surface area (Å²) in [7, 11) is 0. The number of anilines is 1. The van der Waals surface area contributed by atoms with E-state index in [0.29, 0.717) is 12.4 Å². The molecule has 1 aliphatic heterocycles. The standard InChI is InChI=1S/C16H17N5O2/c1-9-19-12-7-18-14-11(4-5-17-14)13(12)15(20-9)21-6-2-3-10(8-21)16(22)23/h4-5,7,10H,2-3,6,8H2,1H3,(H,17,18)(H,22,23). The average molecular weight is 311 g/mol. The van der Waals surface area contributed by atoms with Crippen LogP contribution in [0.4, 0.5) is 5.82 Å². The Hall–Kier alpha value is -2.70. The molecule has 118 valence electrons. The molecule has 2 N–H and O–H groups in total. The van der Waals surface area contributed by atoms with E-state index in [2.05, 4.69) is 24.8 Å². The fourth-order valence-electron chi connectivity index (χ4n) is 3.33. The molecule has 0 bridgehead atoms. The molecule has 3 aromatic heterocycles. The van der Waals surface area contributed by atoms with Gasteiger partial charge in [0.1, 0.15) is 17.3 Å². The first-order chi connectivity index (χ1) is 11.1. The molecule has 4 heterocycles. The van der Waals surface area contributed by atoms with Crippen LogP contribution in [0.2, 0.25) is 0 Å². The molecule has 1 saturated heterocycles. The maximum absolute atomic E-state index is 11.4. The Kier molecular flexibility index (Phi) is 3.14. The average Bonchev–Trinajstić information content (AvgIpc) is 3.02. The summed E-state index contributed by atoms with van der Waals surface area (Å²) in [5, 5.41) is 11.2. The lowest BCUT2D eigenvalue weighted by Gasteiger charge is -2.32. The van der Waals surface area contributed by atoms with Crippen LogP contribution < -0.4 is 4.90 Å². The van der Waals surface area contributed by atoms with Crippen molar-refractivity contribution in [3.8, 4) is 0 Å². The van der Waals surface area contributed by atoms with Gasteiger partial charge in [-0.25, -0.2) is 15.0 Å². The number of piperidine rings is 1. The number of H-pyrrole nitrogens is 1. The molecular formula is C16H17N5O2. The highest BCUT2D eigenvalue weighted by atomic mass is 16.4. The van der Waals surface area contributed by atoms with Gasteiger partial charge in [0.15, 0.2) is 0 Å². The lowest BCUT2D eigenvalue weighted by Crippen LogP contribution is -2.39. The molecule has 0 aliphatic carbocycles. The summed E-state index contributed by atoms with van der Waals surface area (Å²) in [5.74, 6) is 0.392.